The molecule has 0 N–H and O–H groups in total. The number of benzene rings is 7. The predicted molar refractivity (Wildman–Crippen MR) is 204 cm³/mol. The van der Waals surface area contributed by atoms with Crippen LogP contribution in [0.4, 0.5) is 17.1 Å². The summed E-state index contributed by atoms with van der Waals surface area (Å²) >= 11 is 0. The van der Waals surface area contributed by atoms with Crippen LogP contribution in [0, 0.1) is 0 Å². The molecule has 0 saturated carbocycles. The largest absolute Gasteiger partial charge is 0.466 e. The SMILES string of the molecule is c1ccc(N2c3cccc4c3B(c3oc5ccccc5c32)n2c3ccccc3c3c5c6ccccc6n(-c6ccccc6)c5cc-4c32)cc1. The summed E-state index contributed by atoms with van der Waals surface area (Å²) < 4.78 is 12.0. The van der Waals surface area contributed by atoms with Crippen LogP contribution < -0.4 is 16.0 Å². The van der Waals surface area contributed by atoms with E-state index in [4.69, 9.17) is 4.42 Å². The van der Waals surface area contributed by atoms with Gasteiger partial charge in [0.25, 0.3) is 0 Å². The molecule has 0 unspecified atom stereocenters. The monoisotopic (exact) mass is 623 g/mol. The normalized spacial score (nSPS) is 13.2. The van der Waals surface area contributed by atoms with Crippen LogP contribution in [0.2, 0.25) is 0 Å². The highest BCUT2D eigenvalue weighted by Gasteiger charge is 2.46. The molecule has 4 nitrogen and oxygen atoms in total. The van der Waals surface area contributed by atoms with E-state index in [0.717, 1.165) is 33.7 Å². The number of para-hydroxylation sites is 5. The van der Waals surface area contributed by atoms with Gasteiger partial charge in [0, 0.05) is 60.6 Å². The predicted octanol–water partition coefficient (Wildman–Crippen LogP) is 10.1. The molecule has 0 saturated heterocycles. The summed E-state index contributed by atoms with van der Waals surface area (Å²) in [6, 6.07) is 57.1. The summed E-state index contributed by atoms with van der Waals surface area (Å²) in [7, 11) is 0. The topological polar surface area (TPSA) is 26.2 Å². The Labute approximate surface area is 281 Å². The fourth-order valence-corrected chi connectivity index (χ4v) is 9.05. The van der Waals surface area contributed by atoms with Gasteiger partial charge in [0.15, 0.2) is 0 Å². The molecule has 2 aliphatic heterocycles. The van der Waals surface area contributed by atoms with Crippen LogP contribution in [0.25, 0.3) is 71.4 Å². The molecule has 12 rings (SSSR count). The zero-order valence-electron chi connectivity index (χ0n) is 26.3. The van der Waals surface area contributed by atoms with Gasteiger partial charge in [-0.3, -0.25) is 0 Å². The lowest BCUT2D eigenvalue weighted by atomic mass is 9.47. The van der Waals surface area contributed by atoms with Crippen LogP contribution in [-0.2, 0) is 0 Å². The summed E-state index contributed by atoms with van der Waals surface area (Å²) in [5.74, 6) is 0. The minimum atomic E-state index is -0.136. The minimum absolute atomic E-state index is 0.136. The van der Waals surface area contributed by atoms with E-state index in [0.29, 0.717) is 0 Å². The van der Waals surface area contributed by atoms with E-state index < -0.39 is 0 Å². The van der Waals surface area contributed by atoms with E-state index in [1.807, 2.05) is 0 Å². The number of aromatic nitrogens is 2. The van der Waals surface area contributed by atoms with Crippen LogP contribution >= 0.6 is 0 Å². The Kier molecular flexibility index (Phi) is 4.77. The molecule has 3 aromatic heterocycles. The third-order valence-electron chi connectivity index (χ3n) is 10.9. The number of anilines is 3. The average molecular weight is 624 g/mol. The van der Waals surface area contributed by atoms with Crippen molar-refractivity contribution in [3.63, 3.8) is 0 Å². The second kappa shape index (κ2) is 9.12. The first-order chi connectivity index (χ1) is 24.4. The Morgan fingerprint density at radius 1 is 0.490 bits per heavy atom. The molecule has 49 heavy (non-hydrogen) atoms. The van der Waals surface area contributed by atoms with Crippen molar-refractivity contribution in [2.75, 3.05) is 4.90 Å². The van der Waals surface area contributed by atoms with Crippen LogP contribution in [0.15, 0.2) is 162 Å². The number of nitrogens with zero attached hydrogens (tertiary/aromatic N) is 3. The van der Waals surface area contributed by atoms with Crippen molar-refractivity contribution >= 4 is 89.6 Å². The number of hydrogen-bond donors (Lipinski definition) is 0. The van der Waals surface area contributed by atoms with Crippen LogP contribution in [0.3, 0.4) is 0 Å². The number of rotatable bonds is 2. The Hall–Kier alpha value is -6.46. The van der Waals surface area contributed by atoms with Crippen molar-refractivity contribution in [2.45, 2.75) is 0 Å². The van der Waals surface area contributed by atoms with E-state index in [1.165, 1.54) is 65.9 Å². The van der Waals surface area contributed by atoms with Crippen molar-refractivity contribution in [3.8, 4) is 16.8 Å². The summed E-state index contributed by atoms with van der Waals surface area (Å²) in [6.07, 6.45) is 0. The second-order valence-corrected chi connectivity index (χ2v) is 13.2. The summed E-state index contributed by atoms with van der Waals surface area (Å²) in [5, 5.41) is 6.24. The van der Waals surface area contributed by atoms with Crippen molar-refractivity contribution in [1.29, 1.82) is 0 Å². The Morgan fingerprint density at radius 2 is 1.14 bits per heavy atom. The molecule has 10 aromatic rings. The molecule has 226 valence electrons. The third-order valence-corrected chi connectivity index (χ3v) is 10.9. The second-order valence-electron chi connectivity index (χ2n) is 13.2. The zero-order chi connectivity index (χ0) is 31.8. The summed E-state index contributed by atoms with van der Waals surface area (Å²) in [4.78, 5) is 2.42. The number of hydrogen-bond acceptors (Lipinski definition) is 2. The lowest BCUT2D eigenvalue weighted by Crippen LogP contribution is -2.56. The molecule has 2 aliphatic rings. The highest BCUT2D eigenvalue weighted by Crippen LogP contribution is 2.50. The maximum atomic E-state index is 7.01. The molecule has 5 heteroatoms. The van der Waals surface area contributed by atoms with E-state index in [-0.39, 0.29) is 6.85 Å². The molecule has 0 aliphatic carbocycles. The third kappa shape index (κ3) is 3.11. The molecular formula is C44H26BN3O. The molecule has 7 aromatic carbocycles. The van der Waals surface area contributed by atoms with Gasteiger partial charge in [0.1, 0.15) is 11.2 Å². The van der Waals surface area contributed by atoms with E-state index in [9.17, 15) is 0 Å². The Bertz CT molecular complexity index is 3010. The van der Waals surface area contributed by atoms with Crippen LogP contribution in [0.1, 0.15) is 0 Å². The van der Waals surface area contributed by atoms with Gasteiger partial charge in [0.05, 0.1) is 16.7 Å². The van der Waals surface area contributed by atoms with E-state index in [1.54, 1.807) is 0 Å². The van der Waals surface area contributed by atoms with Crippen molar-refractivity contribution in [3.05, 3.63) is 158 Å². The van der Waals surface area contributed by atoms with Crippen molar-refractivity contribution in [2.24, 2.45) is 0 Å². The van der Waals surface area contributed by atoms with Gasteiger partial charge < -0.3 is 18.4 Å². The molecule has 5 heterocycles. The van der Waals surface area contributed by atoms with E-state index in [2.05, 4.69) is 172 Å². The quantitative estimate of drug-likeness (QED) is 0.179. The lowest BCUT2D eigenvalue weighted by Gasteiger charge is -2.38. The molecule has 0 amide bonds. The number of furan rings is 1. The van der Waals surface area contributed by atoms with Gasteiger partial charge in [-0.1, -0.05) is 97.1 Å². The van der Waals surface area contributed by atoms with Crippen molar-refractivity contribution < 1.29 is 4.42 Å². The smallest absolute Gasteiger partial charge is 0.375 e. The maximum absolute atomic E-state index is 7.01. The van der Waals surface area contributed by atoms with E-state index >= 15 is 0 Å². The zero-order valence-corrected chi connectivity index (χ0v) is 26.3. The van der Waals surface area contributed by atoms with Gasteiger partial charge in [-0.25, -0.2) is 0 Å². The molecule has 0 radical (unpaired) electrons. The first kappa shape index (κ1) is 25.6. The van der Waals surface area contributed by atoms with Gasteiger partial charge in [-0.2, -0.15) is 0 Å². The number of fused-ring (bicyclic) bond motifs is 13. The molecular weight excluding hydrogens is 597 g/mol. The van der Waals surface area contributed by atoms with Crippen molar-refractivity contribution in [1.82, 2.24) is 9.05 Å². The Balaban J connectivity index is 1.32. The maximum Gasteiger partial charge on any atom is 0.375 e. The summed E-state index contributed by atoms with van der Waals surface area (Å²) in [5.41, 5.74) is 15.2. The fourth-order valence-electron chi connectivity index (χ4n) is 9.05. The molecule has 0 fully saturated rings. The highest BCUT2D eigenvalue weighted by atomic mass is 16.3. The van der Waals surface area contributed by atoms with Gasteiger partial charge in [0.2, 0.25) is 0 Å². The first-order valence-corrected chi connectivity index (χ1v) is 16.9. The summed E-state index contributed by atoms with van der Waals surface area (Å²) in [6.45, 7) is -0.136. The van der Waals surface area contributed by atoms with Crippen LogP contribution in [0.5, 0.6) is 0 Å². The Morgan fingerprint density at radius 3 is 1.94 bits per heavy atom. The fraction of sp³-hybridized carbons (Fsp3) is 0. The van der Waals surface area contributed by atoms with Crippen LogP contribution in [-0.4, -0.2) is 15.9 Å². The average Bonchev–Trinajstić information content (AvgIpc) is 3.82. The first-order valence-electron chi connectivity index (χ1n) is 16.9. The van der Waals surface area contributed by atoms with Gasteiger partial charge in [-0.15, -0.1) is 0 Å². The molecule has 0 bridgehead atoms. The minimum Gasteiger partial charge on any atom is -0.466 e. The van der Waals surface area contributed by atoms with Gasteiger partial charge in [-0.05, 0) is 71.7 Å². The lowest BCUT2D eigenvalue weighted by molar-refractivity contribution is 0.649. The molecule has 0 atom stereocenters. The van der Waals surface area contributed by atoms with Gasteiger partial charge >= 0.3 is 6.85 Å². The highest BCUT2D eigenvalue weighted by molar-refractivity contribution is 6.89. The standard InChI is InChI=1S/C44H26BN3O/c1-3-14-27(15-4-1)46-34-22-10-7-18-30(34)39-37(46)26-33-29-21-13-24-36-41(29)45(48-35-23-11-8-19-31(35)40(39)42(33)48)44-43(32-20-9-12-25-38(32)49-44)47(36)28-16-5-2-6-17-28/h1-26H. The molecule has 0 spiro atoms.